The zero-order chi connectivity index (χ0) is 22.9. The predicted octanol–water partition coefficient (Wildman–Crippen LogP) is 3.46. The molecule has 1 atom stereocenters. The molecule has 0 unspecified atom stereocenters. The topological polar surface area (TPSA) is 98.1 Å². The summed E-state index contributed by atoms with van der Waals surface area (Å²) in [6.45, 7) is 4.48. The molecule has 32 heavy (non-hydrogen) atoms. The number of carbonyl (C=O) groups excluding carboxylic acids is 2. The Balaban J connectivity index is 1.56. The van der Waals surface area contributed by atoms with Crippen LogP contribution >= 0.6 is 11.8 Å². The molecule has 1 heterocycles. The highest BCUT2D eigenvalue weighted by atomic mass is 32.2. The maximum Gasteiger partial charge on any atom is 0.234 e. The van der Waals surface area contributed by atoms with Crippen LogP contribution in [0.5, 0.6) is 5.75 Å². The maximum atomic E-state index is 12.5. The molecule has 0 radical (unpaired) electrons. The molecule has 0 saturated carbocycles. The third kappa shape index (κ3) is 6.34. The van der Waals surface area contributed by atoms with E-state index in [0.29, 0.717) is 17.5 Å². The van der Waals surface area contributed by atoms with Gasteiger partial charge < -0.3 is 19.9 Å². The number of anilines is 1. The molecule has 0 fully saturated rings. The lowest BCUT2D eigenvalue weighted by atomic mass is 10.1. The Kier molecular flexibility index (Phi) is 8.27. The fraction of sp³-hybridized carbons (Fsp3) is 0.304. The van der Waals surface area contributed by atoms with Crippen molar-refractivity contribution >= 4 is 29.3 Å². The number of rotatable bonds is 10. The first-order valence-corrected chi connectivity index (χ1v) is 11.3. The van der Waals surface area contributed by atoms with Crippen LogP contribution in [-0.2, 0) is 22.6 Å². The van der Waals surface area contributed by atoms with E-state index in [1.165, 1.54) is 11.8 Å². The van der Waals surface area contributed by atoms with Crippen molar-refractivity contribution in [1.82, 2.24) is 20.1 Å². The van der Waals surface area contributed by atoms with E-state index < -0.39 is 0 Å². The van der Waals surface area contributed by atoms with E-state index >= 15 is 0 Å². The van der Waals surface area contributed by atoms with Gasteiger partial charge >= 0.3 is 0 Å². The average Bonchev–Trinajstić information content (AvgIpc) is 3.22. The number of nitrogens with zero attached hydrogens (tertiary/aromatic N) is 3. The van der Waals surface area contributed by atoms with Crippen LogP contribution in [0.2, 0.25) is 0 Å². The average molecular weight is 454 g/mol. The quantitative estimate of drug-likeness (QED) is 0.456. The molecule has 1 aromatic heterocycles. The number of ether oxygens (including phenoxy) is 1. The molecule has 0 bridgehead atoms. The molecular weight excluding hydrogens is 426 g/mol. The van der Waals surface area contributed by atoms with Crippen molar-refractivity contribution < 1.29 is 14.3 Å². The summed E-state index contributed by atoms with van der Waals surface area (Å²) in [6.07, 6.45) is 0.260. The van der Waals surface area contributed by atoms with Crippen LogP contribution in [0.1, 0.15) is 31.3 Å². The molecule has 2 N–H and O–H groups in total. The summed E-state index contributed by atoms with van der Waals surface area (Å²) in [6, 6.07) is 16.4. The largest absolute Gasteiger partial charge is 0.497 e. The van der Waals surface area contributed by atoms with Crippen molar-refractivity contribution in [2.24, 2.45) is 0 Å². The zero-order valence-electron chi connectivity index (χ0n) is 18.4. The zero-order valence-corrected chi connectivity index (χ0v) is 19.2. The normalized spacial score (nSPS) is 11.6. The molecule has 3 rings (SSSR count). The number of amides is 2. The molecule has 2 amide bonds. The fourth-order valence-electron chi connectivity index (χ4n) is 3.16. The smallest absolute Gasteiger partial charge is 0.234 e. The second kappa shape index (κ2) is 11.3. The summed E-state index contributed by atoms with van der Waals surface area (Å²) in [5.41, 5.74) is 1.65. The first kappa shape index (κ1) is 23.3. The van der Waals surface area contributed by atoms with Crippen molar-refractivity contribution in [1.29, 1.82) is 0 Å². The van der Waals surface area contributed by atoms with Crippen molar-refractivity contribution in [3.8, 4) is 5.75 Å². The summed E-state index contributed by atoms with van der Waals surface area (Å²) in [5, 5.41) is 15.0. The third-order valence-electron chi connectivity index (χ3n) is 4.74. The Morgan fingerprint density at radius 3 is 2.44 bits per heavy atom. The van der Waals surface area contributed by atoms with Crippen molar-refractivity contribution in [2.45, 2.75) is 38.0 Å². The van der Waals surface area contributed by atoms with Gasteiger partial charge in [0, 0.05) is 12.2 Å². The van der Waals surface area contributed by atoms with E-state index in [9.17, 15) is 9.59 Å². The number of hydrogen-bond donors (Lipinski definition) is 2. The standard InChI is InChI=1S/C23H27N5O3S/c1-4-28-22(16(2)24-20(29)14-17-10-12-19(31-3)13-11-17)26-27-23(28)32-15-21(30)25-18-8-6-5-7-9-18/h5-13,16H,4,14-15H2,1-3H3,(H,24,29)(H,25,30)/t16-/m1/s1. The summed E-state index contributed by atoms with van der Waals surface area (Å²) in [7, 11) is 1.61. The van der Waals surface area contributed by atoms with E-state index in [-0.39, 0.29) is 30.0 Å². The Morgan fingerprint density at radius 2 is 1.78 bits per heavy atom. The van der Waals surface area contributed by atoms with Gasteiger partial charge in [-0.2, -0.15) is 0 Å². The molecule has 2 aromatic carbocycles. The summed E-state index contributed by atoms with van der Waals surface area (Å²) >= 11 is 1.31. The number of carbonyl (C=O) groups is 2. The minimum Gasteiger partial charge on any atom is -0.497 e. The van der Waals surface area contributed by atoms with Crippen LogP contribution in [0.4, 0.5) is 5.69 Å². The van der Waals surface area contributed by atoms with Gasteiger partial charge in [-0.25, -0.2) is 0 Å². The van der Waals surface area contributed by atoms with E-state index in [2.05, 4.69) is 20.8 Å². The van der Waals surface area contributed by atoms with Crippen molar-refractivity contribution in [2.75, 3.05) is 18.2 Å². The van der Waals surface area contributed by atoms with Crippen molar-refractivity contribution in [3.05, 3.63) is 66.0 Å². The van der Waals surface area contributed by atoms with Crippen LogP contribution in [0, 0.1) is 0 Å². The molecule has 8 nitrogen and oxygen atoms in total. The van der Waals surface area contributed by atoms with E-state index in [4.69, 9.17) is 4.74 Å². The van der Waals surface area contributed by atoms with E-state index in [1.54, 1.807) is 7.11 Å². The lowest BCUT2D eigenvalue weighted by molar-refractivity contribution is -0.121. The number of thioether (sulfide) groups is 1. The van der Waals surface area contributed by atoms with Crippen LogP contribution in [-0.4, -0.2) is 39.4 Å². The fourth-order valence-corrected chi connectivity index (χ4v) is 3.97. The highest BCUT2D eigenvalue weighted by Gasteiger charge is 2.19. The monoisotopic (exact) mass is 453 g/mol. The molecule has 168 valence electrons. The molecule has 0 saturated heterocycles. The van der Waals surface area contributed by atoms with Gasteiger partial charge in [-0.3, -0.25) is 9.59 Å². The number of para-hydroxylation sites is 1. The summed E-state index contributed by atoms with van der Waals surface area (Å²) < 4.78 is 7.06. The minimum absolute atomic E-state index is 0.107. The lowest BCUT2D eigenvalue weighted by Crippen LogP contribution is -2.30. The molecule has 0 aliphatic carbocycles. The molecule has 0 aliphatic rings. The van der Waals surface area contributed by atoms with Gasteiger partial charge in [-0.05, 0) is 43.7 Å². The number of hydrogen-bond acceptors (Lipinski definition) is 6. The number of nitrogens with one attached hydrogen (secondary N) is 2. The third-order valence-corrected chi connectivity index (χ3v) is 5.71. The van der Waals surface area contributed by atoms with Crippen LogP contribution in [0.25, 0.3) is 0 Å². The highest BCUT2D eigenvalue weighted by Crippen LogP contribution is 2.21. The summed E-state index contributed by atoms with van der Waals surface area (Å²) in [4.78, 5) is 24.7. The first-order valence-electron chi connectivity index (χ1n) is 10.3. The minimum atomic E-state index is -0.319. The molecule has 9 heteroatoms. The highest BCUT2D eigenvalue weighted by molar-refractivity contribution is 7.99. The van der Waals surface area contributed by atoms with Gasteiger partial charge in [-0.15, -0.1) is 10.2 Å². The SMILES string of the molecule is CCn1c(SCC(=O)Nc2ccccc2)nnc1[C@@H](C)NC(=O)Cc1ccc(OC)cc1. The second-order valence-electron chi connectivity index (χ2n) is 7.10. The van der Waals surface area contributed by atoms with Gasteiger partial charge in [0.25, 0.3) is 0 Å². The van der Waals surface area contributed by atoms with Gasteiger partial charge in [0.15, 0.2) is 11.0 Å². The Hall–Kier alpha value is -3.33. The van der Waals surface area contributed by atoms with E-state index in [0.717, 1.165) is 17.0 Å². The van der Waals surface area contributed by atoms with Crippen LogP contribution < -0.4 is 15.4 Å². The molecular formula is C23H27N5O3S. The van der Waals surface area contributed by atoms with Gasteiger partial charge in [0.2, 0.25) is 11.8 Å². The molecule has 0 aliphatic heterocycles. The first-order chi connectivity index (χ1) is 15.5. The Bertz CT molecular complexity index is 1040. The number of methoxy groups -OCH3 is 1. The maximum absolute atomic E-state index is 12.5. The van der Waals surface area contributed by atoms with Gasteiger partial charge in [-0.1, -0.05) is 42.1 Å². The van der Waals surface area contributed by atoms with Gasteiger partial charge in [0.1, 0.15) is 5.75 Å². The molecule has 0 spiro atoms. The molecule has 3 aromatic rings. The van der Waals surface area contributed by atoms with Crippen LogP contribution in [0.3, 0.4) is 0 Å². The summed E-state index contributed by atoms with van der Waals surface area (Å²) in [5.74, 6) is 1.40. The Labute approximate surface area is 191 Å². The predicted molar refractivity (Wildman–Crippen MR) is 125 cm³/mol. The Morgan fingerprint density at radius 1 is 1.06 bits per heavy atom. The van der Waals surface area contributed by atoms with E-state index in [1.807, 2.05) is 73.0 Å². The van der Waals surface area contributed by atoms with Crippen molar-refractivity contribution in [3.63, 3.8) is 0 Å². The second-order valence-corrected chi connectivity index (χ2v) is 8.04. The number of benzene rings is 2. The van der Waals surface area contributed by atoms with Crippen LogP contribution in [0.15, 0.2) is 59.8 Å². The van der Waals surface area contributed by atoms with Gasteiger partial charge in [0.05, 0.1) is 25.3 Å². The number of aromatic nitrogens is 3. The lowest BCUT2D eigenvalue weighted by Gasteiger charge is -2.15.